The number of ether oxygens (including phenoxy) is 1. The molecule has 3 rings (SSSR count). The van der Waals surface area contributed by atoms with E-state index >= 15 is 0 Å². The maximum Gasteiger partial charge on any atom is 0.294 e. The van der Waals surface area contributed by atoms with Gasteiger partial charge in [-0.15, -0.1) is 0 Å². The zero-order valence-electron chi connectivity index (χ0n) is 21.2. The average molecular weight is 501 g/mol. The van der Waals surface area contributed by atoms with Crippen LogP contribution in [0.2, 0.25) is 0 Å². The largest absolute Gasteiger partial charge is 0.451 e. The molecule has 1 amide bonds. The molecule has 0 saturated heterocycles. The fourth-order valence-electron chi connectivity index (χ4n) is 4.83. The van der Waals surface area contributed by atoms with Crippen molar-refractivity contribution in [2.45, 2.75) is 95.7 Å². The molecular formula is C29H38F2N2O3. The molecule has 0 aromatic heterocycles. The van der Waals surface area contributed by atoms with E-state index in [4.69, 9.17) is 4.74 Å². The Morgan fingerprint density at radius 2 is 1.69 bits per heavy atom. The molecular weight excluding hydrogens is 462 g/mol. The lowest BCUT2D eigenvalue weighted by molar-refractivity contribution is -0.154. The van der Waals surface area contributed by atoms with E-state index in [1.54, 1.807) is 0 Å². The second-order valence-electron chi connectivity index (χ2n) is 9.80. The Morgan fingerprint density at radius 1 is 1.00 bits per heavy atom. The molecule has 1 aliphatic carbocycles. The molecule has 0 radical (unpaired) electrons. The highest BCUT2D eigenvalue weighted by atomic mass is 19.2. The van der Waals surface area contributed by atoms with Crippen LogP contribution in [0.25, 0.3) is 0 Å². The fraction of sp³-hybridized carbons (Fsp3) is 0.517. The number of amides is 1. The van der Waals surface area contributed by atoms with Crippen molar-refractivity contribution in [2.75, 3.05) is 5.32 Å². The maximum atomic E-state index is 13.5. The van der Waals surface area contributed by atoms with E-state index in [0.717, 1.165) is 24.1 Å². The summed E-state index contributed by atoms with van der Waals surface area (Å²) in [6, 6.07) is 11.7. The summed E-state index contributed by atoms with van der Waals surface area (Å²) in [6.45, 7) is 3.16. The van der Waals surface area contributed by atoms with Gasteiger partial charge in [-0.25, -0.2) is 8.78 Å². The van der Waals surface area contributed by atoms with Crippen molar-refractivity contribution in [2.24, 2.45) is 0 Å². The molecule has 0 heterocycles. The Hall–Kier alpha value is -2.80. The summed E-state index contributed by atoms with van der Waals surface area (Å²) >= 11 is 0. The van der Waals surface area contributed by atoms with Crippen molar-refractivity contribution in [3.8, 4) is 0 Å². The number of nitrogens with one attached hydrogen (secondary N) is 2. The molecule has 7 heteroatoms. The fourth-order valence-corrected chi connectivity index (χ4v) is 4.83. The second kappa shape index (κ2) is 14.1. The van der Waals surface area contributed by atoms with Crippen LogP contribution in [0.1, 0.15) is 82.3 Å². The van der Waals surface area contributed by atoms with Gasteiger partial charge in [-0.05, 0) is 48.9 Å². The Bertz CT molecular complexity index is 983. The molecule has 2 unspecified atom stereocenters. The van der Waals surface area contributed by atoms with Crippen LogP contribution in [0.4, 0.5) is 14.5 Å². The Balaban J connectivity index is 1.45. The first-order valence-electron chi connectivity index (χ1n) is 13.1. The zero-order chi connectivity index (χ0) is 25.8. The summed E-state index contributed by atoms with van der Waals surface area (Å²) in [5.41, 5.74) is 1.27. The van der Waals surface area contributed by atoms with E-state index in [1.165, 1.54) is 56.6 Å². The SMILES string of the molecule is CCCCCCCCCc1ccc(CNC2CCC(OC=O)(C(=O)Nc3ccc(F)c(F)c3)C2)cc1. The van der Waals surface area contributed by atoms with E-state index < -0.39 is 23.1 Å². The highest BCUT2D eigenvalue weighted by Crippen LogP contribution is 2.35. The Morgan fingerprint density at radius 3 is 2.39 bits per heavy atom. The van der Waals surface area contributed by atoms with Gasteiger partial charge in [0, 0.05) is 30.8 Å². The summed E-state index contributed by atoms with van der Waals surface area (Å²) in [6.07, 6.45) is 11.5. The molecule has 2 aromatic rings. The van der Waals surface area contributed by atoms with Gasteiger partial charge in [0.2, 0.25) is 0 Å². The zero-order valence-corrected chi connectivity index (χ0v) is 21.2. The van der Waals surface area contributed by atoms with E-state index in [0.29, 0.717) is 25.8 Å². The third-order valence-electron chi connectivity index (χ3n) is 7.02. The molecule has 2 N–H and O–H groups in total. The van der Waals surface area contributed by atoms with Crippen molar-refractivity contribution in [3.05, 3.63) is 65.2 Å². The van der Waals surface area contributed by atoms with E-state index in [1.807, 2.05) is 0 Å². The number of aryl methyl sites for hydroxylation is 1. The number of anilines is 1. The summed E-state index contributed by atoms with van der Waals surface area (Å²) in [4.78, 5) is 24.1. The van der Waals surface area contributed by atoms with Crippen LogP contribution in [0.5, 0.6) is 0 Å². The number of rotatable bonds is 15. The van der Waals surface area contributed by atoms with Crippen LogP contribution in [0, 0.1) is 11.6 Å². The molecule has 36 heavy (non-hydrogen) atoms. The van der Waals surface area contributed by atoms with Crippen molar-refractivity contribution in [3.63, 3.8) is 0 Å². The topological polar surface area (TPSA) is 67.4 Å². The van der Waals surface area contributed by atoms with Crippen molar-refractivity contribution in [1.82, 2.24) is 5.32 Å². The number of hydrogen-bond acceptors (Lipinski definition) is 4. The molecule has 0 bridgehead atoms. The van der Waals surface area contributed by atoms with Crippen LogP contribution in [-0.2, 0) is 27.3 Å². The number of carbonyl (C=O) groups excluding carboxylic acids is 2. The summed E-state index contributed by atoms with van der Waals surface area (Å²) in [5, 5.41) is 6.01. The number of unbranched alkanes of at least 4 members (excludes halogenated alkanes) is 6. The number of benzene rings is 2. The molecule has 1 fully saturated rings. The normalized spacial score (nSPS) is 19.2. The lowest BCUT2D eigenvalue weighted by Gasteiger charge is -2.26. The molecule has 196 valence electrons. The van der Waals surface area contributed by atoms with E-state index in [9.17, 15) is 18.4 Å². The van der Waals surface area contributed by atoms with Gasteiger partial charge >= 0.3 is 0 Å². The van der Waals surface area contributed by atoms with Gasteiger partial charge in [0.1, 0.15) is 0 Å². The van der Waals surface area contributed by atoms with Crippen molar-refractivity contribution >= 4 is 18.1 Å². The molecule has 0 spiro atoms. The van der Waals surface area contributed by atoms with Crippen molar-refractivity contribution < 1.29 is 23.1 Å². The lowest BCUT2D eigenvalue weighted by atomic mass is 10.00. The maximum absolute atomic E-state index is 13.5. The molecule has 1 aliphatic rings. The number of carbonyl (C=O) groups is 2. The molecule has 1 saturated carbocycles. The minimum absolute atomic E-state index is 0.0203. The predicted octanol–water partition coefficient (Wildman–Crippen LogP) is 6.45. The van der Waals surface area contributed by atoms with Gasteiger partial charge in [-0.2, -0.15) is 0 Å². The third kappa shape index (κ3) is 8.12. The number of hydrogen-bond donors (Lipinski definition) is 2. The first-order chi connectivity index (χ1) is 17.5. The summed E-state index contributed by atoms with van der Waals surface area (Å²) < 4.78 is 31.9. The molecule has 2 aromatic carbocycles. The van der Waals surface area contributed by atoms with Gasteiger partial charge in [0.25, 0.3) is 12.4 Å². The van der Waals surface area contributed by atoms with Gasteiger partial charge in [0.15, 0.2) is 17.2 Å². The highest BCUT2D eigenvalue weighted by molar-refractivity contribution is 5.98. The second-order valence-corrected chi connectivity index (χ2v) is 9.80. The van der Waals surface area contributed by atoms with E-state index in [-0.39, 0.29) is 18.2 Å². The van der Waals surface area contributed by atoms with Gasteiger partial charge in [-0.1, -0.05) is 69.7 Å². The first kappa shape index (κ1) is 27.8. The van der Waals surface area contributed by atoms with Crippen LogP contribution < -0.4 is 10.6 Å². The Kier molecular flexibility index (Phi) is 10.9. The third-order valence-corrected chi connectivity index (χ3v) is 7.02. The minimum atomic E-state index is -1.34. The monoisotopic (exact) mass is 500 g/mol. The molecule has 0 aliphatic heterocycles. The smallest absolute Gasteiger partial charge is 0.294 e. The predicted molar refractivity (Wildman–Crippen MR) is 137 cm³/mol. The van der Waals surface area contributed by atoms with Crippen LogP contribution in [0.3, 0.4) is 0 Å². The summed E-state index contributed by atoms with van der Waals surface area (Å²) in [5.74, 6) is -2.60. The van der Waals surface area contributed by atoms with E-state index in [2.05, 4.69) is 41.8 Å². The number of halogens is 2. The van der Waals surface area contributed by atoms with Crippen LogP contribution in [-0.4, -0.2) is 24.0 Å². The summed E-state index contributed by atoms with van der Waals surface area (Å²) in [7, 11) is 0. The minimum Gasteiger partial charge on any atom is -0.451 e. The van der Waals surface area contributed by atoms with Gasteiger partial charge in [-0.3, -0.25) is 9.59 Å². The molecule has 5 nitrogen and oxygen atoms in total. The quantitative estimate of drug-likeness (QED) is 0.218. The van der Waals surface area contributed by atoms with Gasteiger partial charge < -0.3 is 15.4 Å². The van der Waals surface area contributed by atoms with Crippen LogP contribution >= 0.6 is 0 Å². The van der Waals surface area contributed by atoms with Gasteiger partial charge in [0.05, 0.1) is 0 Å². The standard InChI is InChI=1S/C29H38F2N2O3/c1-2-3-4-5-6-7-8-9-22-10-12-23(13-11-22)20-32-25-16-17-29(19-25,36-21-34)28(35)33-24-14-15-26(30)27(31)18-24/h10-15,18,21,25,32H,2-9,16-17,19-20H2,1H3,(H,33,35). The first-order valence-corrected chi connectivity index (χ1v) is 13.1. The Labute approximate surface area is 213 Å². The average Bonchev–Trinajstić information content (AvgIpc) is 3.30. The van der Waals surface area contributed by atoms with Crippen LogP contribution in [0.15, 0.2) is 42.5 Å². The van der Waals surface area contributed by atoms with Crippen molar-refractivity contribution in [1.29, 1.82) is 0 Å². The highest BCUT2D eigenvalue weighted by Gasteiger charge is 2.47. The molecule has 2 atom stereocenters. The lowest BCUT2D eigenvalue weighted by Crippen LogP contribution is -2.44.